The molecular weight excluding hydrogens is 208 g/mol. The van der Waals surface area contributed by atoms with Gasteiger partial charge >= 0.3 is 11.9 Å². The first-order valence-electron chi connectivity index (χ1n) is 4.91. The van der Waals surface area contributed by atoms with Gasteiger partial charge in [-0.15, -0.1) is 0 Å². The van der Waals surface area contributed by atoms with Gasteiger partial charge in [0.2, 0.25) is 0 Å². The zero-order chi connectivity index (χ0) is 12.6. The third-order valence-corrected chi connectivity index (χ3v) is 2.12. The fraction of sp³-hybridized carbons (Fsp3) is 0.417. The highest BCUT2D eigenvalue weighted by Crippen LogP contribution is 2.21. The summed E-state index contributed by atoms with van der Waals surface area (Å²) < 4.78 is 9.75. The van der Waals surface area contributed by atoms with Crippen LogP contribution in [-0.2, 0) is 19.1 Å². The van der Waals surface area contributed by atoms with Gasteiger partial charge in [0.1, 0.15) is 13.2 Å². The molecule has 0 N–H and O–H groups in total. The average Bonchev–Trinajstić information content (AvgIpc) is 2.32. The van der Waals surface area contributed by atoms with E-state index >= 15 is 0 Å². The van der Waals surface area contributed by atoms with Crippen molar-refractivity contribution >= 4 is 11.9 Å². The van der Waals surface area contributed by atoms with E-state index in [9.17, 15) is 9.59 Å². The van der Waals surface area contributed by atoms with E-state index in [1.54, 1.807) is 0 Å². The summed E-state index contributed by atoms with van der Waals surface area (Å²) in [6, 6.07) is 0. The van der Waals surface area contributed by atoms with Crippen LogP contribution < -0.4 is 0 Å². The lowest BCUT2D eigenvalue weighted by Gasteiger charge is -2.26. The van der Waals surface area contributed by atoms with E-state index in [0.717, 1.165) is 12.2 Å². The third-order valence-electron chi connectivity index (χ3n) is 2.12. The summed E-state index contributed by atoms with van der Waals surface area (Å²) >= 11 is 0. The molecule has 0 aromatic carbocycles. The van der Waals surface area contributed by atoms with Crippen LogP contribution in [0.4, 0.5) is 0 Å². The van der Waals surface area contributed by atoms with Gasteiger partial charge in [-0.25, -0.2) is 9.59 Å². The second kappa shape index (κ2) is 6.82. The first-order valence-corrected chi connectivity index (χ1v) is 4.91. The van der Waals surface area contributed by atoms with Crippen molar-refractivity contribution in [3.05, 3.63) is 32.2 Å². The van der Waals surface area contributed by atoms with Crippen LogP contribution in [0.1, 0.15) is 13.3 Å². The molecule has 89 valence electrons. The summed E-state index contributed by atoms with van der Waals surface area (Å²) in [5.74, 6) is -1.03. The van der Waals surface area contributed by atoms with E-state index in [0.29, 0.717) is 6.42 Å². The lowest BCUT2D eigenvalue weighted by atomic mass is 9.90. The van der Waals surface area contributed by atoms with Crippen LogP contribution >= 0.6 is 0 Å². The van der Waals surface area contributed by atoms with Gasteiger partial charge in [-0.2, -0.15) is 0 Å². The Balaban J connectivity index is 4.19. The summed E-state index contributed by atoms with van der Waals surface area (Å²) in [4.78, 5) is 21.8. The first-order chi connectivity index (χ1) is 7.47. The normalized spacial score (nSPS) is 10.4. The summed E-state index contributed by atoms with van der Waals surface area (Å²) in [6.07, 6.45) is 2.76. The molecule has 0 fully saturated rings. The molecule has 0 saturated carbocycles. The molecule has 4 heteroatoms. The van der Waals surface area contributed by atoms with Crippen LogP contribution in [-0.4, -0.2) is 25.2 Å². The van der Waals surface area contributed by atoms with Crippen molar-refractivity contribution in [3.8, 4) is 0 Å². The Morgan fingerprint density at radius 2 is 1.50 bits per heavy atom. The standard InChI is InChI=1S/C12H17O4/c1-5-10(13)15-8-12(4,7-3)9-16-11(14)6-2/h5-6H,1-2,4,7-9H2,3H3. The molecule has 0 bridgehead atoms. The molecule has 0 aromatic heterocycles. The van der Waals surface area contributed by atoms with Crippen molar-refractivity contribution in [3.63, 3.8) is 0 Å². The Morgan fingerprint density at radius 3 is 1.75 bits per heavy atom. The van der Waals surface area contributed by atoms with Crippen molar-refractivity contribution in [1.82, 2.24) is 0 Å². The molecule has 0 aromatic rings. The predicted molar refractivity (Wildman–Crippen MR) is 60.4 cm³/mol. The van der Waals surface area contributed by atoms with E-state index in [4.69, 9.17) is 9.47 Å². The fourth-order valence-corrected chi connectivity index (χ4v) is 0.812. The molecular formula is C12H17O4. The van der Waals surface area contributed by atoms with Gasteiger partial charge in [0.05, 0.1) is 0 Å². The van der Waals surface area contributed by atoms with E-state index in [1.807, 2.05) is 6.92 Å². The van der Waals surface area contributed by atoms with Crippen LogP contribution in [0.3, 0.4) is 0 Å². The van der Waals surface area contributed by atoms with E-state index in [2.05, 4.69) is 20.1 Å². The third kappa shape index (κ3) is 5.34. The minimum atomic E-state index is -0.628. The van der Waals surface area contributed by atoms with Crippen LogP contribution in [0, 0.1) is 12.3 Å². The topological polar surface area (TPSA) is 52.6 Å². The van der Waals surface area contributed by atoms with Crippen LogP contribution in [0.25, 0.3) is 0 Å². The molecule has 0 saturated heterocycles. The predicted octanol–water partition coefficient (Wildman–Crippen LogP) is 1.68. The van der Waals surface area contributed by atoms with Gasteiger partial charge in [-0.1, -0.05) is 20.1 Å². The molecule has 0 amide bonds. The van der Waals surface area contributed by atoms with E-state index in [1.165, 1.54) is 0 Å². The maximum absolute atomic E-state index is 10.9. The summed E-state index contributed by atoms with van der Waals surface area (Å²) in [5, 5.41) is 0. The lowest BCUT2D eigenvalue weighted by molar-refractivity contribution is -0.146. The largest absolute Gasteiger partial charge is 0.462 e. The zero-order valence-electron chi connectivity index (χ0n) is 9.53. The van der Waals surface area contributed by atoms with Crippen molar-refractivity contribution in [2.24, 2.45) is 5.41 Å². The van der Waals surface area contributed by atoms with Crippen LogP contribution in [0.5, 0.6) is 0 Å². The number of carbonyl (C=O) groups is 2. The monoisotopic (exact) mass is 225 g/mol. The average molecular weight is 225 g/mol. The number of ether oxygens (including phenoxy) is 2. The smallest absolute Gasteiger partial charge is 0.330 e. The molecule has 1 radical (unpaired) electrons. The summed E-state index contributed by atoms with van der Waals surface area (Å²) in [6.45, 7) is 12.5. The minimum absolute atomic E-state index is 0.0821. The second-order valence-corrected chi connectivity index (χ2v) is 3.48. The van der Waals surface area contributed by atoms with Crippen molar-refractivity contribution in [2.45, 2.75) is 13.3 Å². The zero-order valence-corrected chi connectivity index (χ0v) is 9.53. The molecule has 0 rings (SSSR count). The minimum Gasteiger partial charge on any atom is -0.462 e. The van der Waals surface area contributed by atoms with E-state index in [-0.39, 0.29) is 13.2 Å². The molecule has 0 heterocycles. The molecule has 0 aliphatic rings. The quantitative estimate of drug-likeness (QED) is 0.488. The SMILES string of the molecule is [CH2]C(CC)(COC(=O)C=C)COC(=O)C=C. The van der Waals surface area contributed by atoms with Crippen molar-refractivity contribution in [1.29, 1.82) is 0 Å². The number of hydrogen-bond acceptors (Lipinski definition) is 4. The van der Waals surface area contributed by atoms with Crippen LogP contribution in [0.15, 0.2) is 25.3 Å². The lowest BCUT2D eigenvalue weighted by Crippen LogP contribution is -2.30. The fourth-order valence-electron chi connectivity index (χ4n) is 0.812. The summed E-state index contributed by atoms with van der Waals surface area (Å²) in [7, 11) is 0. The highest BCUT2D eigenvalue weighted by molar-refractivity contribution is 5.81. The Morgan fingerprint density at radius 1 is 1.12 bits per heavy atom. The highest BCUT2D eigenvalue weighted by atomic mass is 16.5. The number of hydrogen-bond donors (Lipinski definition) is 0. The van der Waals surface area contributed by atoms with Gasteiger partial charge in [0.15, 0.2) is 0 Å². The Bertz CT molecular complexity index is 257. The molecule has 4 nitrogen and oxygen atoms in total. The van der Waals surface area contributed by atoms with Crippen molar-refractivity contribution < 1.29 is 19.1 Å². The van der Waals surface area contributed by atoms with Gasteiger partial charge < -0.3 is 9.47 Å². The molecule has 0 unspecified atom stereocenters. The highest BCUT2D eigenvalue weighted by Gasteiger charge is 2.25. The van der Waals surface area contributed by atoms with Gasteiger partial charge in [-0.05, 0) is 13.3 Å². The molecule has 0 aliphatic carbocycles. The Labute approximate surface area is 95.9 Å². The van der Waals surface area contributed by atoms with Crippen LogP contribution in [0.2, 0.25) is 0 Å². The maximum atomic E-state index is 10.9. The first kappa shape index (κ1) is 14.4. The van der Waals surface area contributed by atoms with Gasteiger partial charge in [0, 0.05) is 17.6 Å². The maximum Gasteiger partial charge on any atom is 0.330 e. The van der Waals surface area contributed by atoms with Crippen molar-refractivity contribution in [2.75, 3.05) is 13.2 Å². The number of rotatable bonds is 7. The molecule has 0 atom stereocenters. The van der Waals surface area contributed by atoms with Gasteiger partial charge in [0.25, 0.3) is 0 Å². The second-order valence-electron chi connectivity index (χ2n) is 3.48. The Kier molecular flexibility index (Phi) is 6.15. The van der Waals surface area contributed by atoms with E-state index < -0.39 is 17.4 Å². The molecule has 16 heavy (non-hydrogen) atoms. The number of carbonyl (C=O) groups excluding carboxylic acids is 2. The van der Waals surface area contributed by atoms with Gasteiger partial charge in [-0.3, -0.25) is 0 Å². The molecule has 0 aliphatic heterocycles. The molecule has 0 spiro atoms. The number of esters is 2. The Hall–Kier alpha value is -1.58. The summed E-state index contributed by atoms with van der Waals surface area (Å²) in [5.41, 5.74) is -0.628.